The first kappa shape index (κ1) is 16.1. The van der Waals surface area contributed by atoms with Gasteiger partial charge in [-0.1, -0.05) is 0 Å². The summed E-state index contributed by atoms with van der Waals surface area (Å²) < 4.78 is 5.70. The van der Waals surface area contributed by atoms with Crippen LogP contribution in [0.15, 0.2) is 24.3 Å². The predicted octanol–water partition coefficient (Wildman–Crippen LogP) is 2.33. The zero-order valence-corrected chi connectivity index (χ0v) is 13.2. The van der Waals surface area contributed by atoms with Crippen LogP contribution >= 0.6 is 12.4 Å². The molecule has 1 aliphatic heterocycles. The number of carbonyl (C=O) groups is 1. The molecule has 1 aromatic carbocycles. The molecular weight excluding hydrogens is 288 g/mol. The predicted molar refractivity (Wildman–Crippen MR) is 85.3 cm³/mol. The van der Waals surface area contributed by atoms with Crippen molar-refractivity contribution in [2.24, 2.45) is 5.92 Å². The number of ether oxygens (including phenoxy) is 1. The minimum absolute atomic E-state index is 0. The molecule has 1 heterocycles. The molecule has 116 valence electrons. The van der Waals surface area contributed by atoms with Gasteiger partial charge in [0, 0.05) is 31.2 Å². The van der Waals surface area contributed by atoms with E-state index in [0.29, 0.717) is 0 Å². The number of halogens is 1. The van der Waals surface area contributed by atoms with Gasteiger partial charge in [0.05, 0.1) is 6.61 Å². The lowest BCUT2D eigenvalue weighted by atomic mass is 10.1. The number of carbonyl (C=O) groups excluding carboxylic acids is 1. The Kier molecular flexibility index (Phi) is 5.48. The Hall–Kier alpha value is -1.26. The van der Waals surface area contributed by atoms with E-state index in [4.69, 9.17) is 4.74 Å². The summed E-state index contributed by atoms with van der Waals surface area (Å²) in [5.74, 6) is 1.73. The highest BCUT2D eigenvalue weighted by molar-refractivity contribution is 5.94. The summed E-state index contributed by atoms with van der Waals surface area (Å²) in [5, 5.41) is 3.30. The van der Waals surface area contributed by atoms with Crippen LogP contribution in [0.5, 0.6) is 5.75 Å². The summed E-state index contributed by atoms with van der Waals surface area (Å²) in [6.07, 6.45) is 2.58. The number of nitrogens with zero attached hydrogens (tertiary/aromatic N) is 1. The van der Waals surface area contributed by atoms with E-state index in [1.165, 1.54) is 12.8 Å². The van der Waals surface area contributed by atoms with Gasteiger partial charge in [0.1, 0.15) is 5.75 Å². The fourth-order valence-electron chi connectivity index (χ4n) is 2.50. The standard InChI is InChI=1S/C16H22N2O2.ClH/c1-12-10-17-8-9-18(12)16(19)14-4-6-15(7-5-14)20-11-13-2-3-13;/h4-7,12-13,17H,2-3,8-11H2,1H3;1H. The topological polar surface area (TPSA) is 41.6 Å². The molecule has 2 aliphatic rings. The van der Waals surface area contributed by atoms with Crippen molar-refractivity contribution < 1.29 is 9.53 Å². The molecule has 1 aliphatic carbocycles. The van der Waals surface area contributed by atoms with E-state index in [0.717, 1.165) is 43.5 Å². The first-order valence-electron chi connectivity index (χ1n) is 7.48. The van der Waals surface area contributed by atoms with E-state index in [9.17, 15) is 4.79 Å². The largest absolute Gasteiger partial charge is 0.493 e. The first-order valence-corrected chi connectivity index (χ1v) is 7.48. The maximum absolute atomic E-state index is 12.5. The maximum atomic E-state index is 12.5. The van der Waals surface area contributed by atoms with Gasteiger partial charge >= 0.3 is 0 Å². The number of benzene rings is 1. The molecule has 4 nitrogen and oxygen atoms in total. The average Bonchev–Trinajstić information content (AvgIpc) is 3.30. The Morgan fingerprint density at radius 3 is 2.67 bits per heavy atom. The van der Waals surface area contributed by atoms with Crippen LogP contribution in [-0.2, 0) is 0 Å². The van der Waals surface area contributed by atoms with Crippen LogP contribution in [-0.4, -0.2) is 43.1 Å². The van der Waals surface area contributed by atoms with Crippen LogP contribution < -0.4 is 10.1 Å². The molecule has 0 bridgehead atoms. The molecule has 1 aromatic rings. The lowest BCUT2D eigenvalue weighted by Gasteiger charge is -2.34. The highest BCUT2D eigenvalue weighted by atomic mass is 35.5. The molecule has 0 aromatic heterocycles. The first-order chi connectivity index (χ1) is 9.74. The van der Waals surface area contributed by atoms with Crippen LogP contribution in [0, 0.1) is 5.92 Å². The number of nitrogens with one attached hydrogen (secondary N) is 1. The van der Waals surface area contributed by atoms with Crippen LogP contribution in [0.2, 0.25) is 0 Å². The number of rotatable bonds is 4. The summed E-state index contributed by atoms with van der Waals surface area (Å²) in [5.41, 5.74) is 0.748. The molecule has 5 heteroatoms. The second-order valence-electron chi connectivity index (χ2n) is 5.83. The third-order valence-electron chi connectivity index (χ3n) is 4.05. The van der Waals surface area contributed by atoms with Gasteiger partial charge in [-0.2, -0.15) is 0 Å². The molecule has 0 spiro atoms. The number of hydrogen-bond donors (Lipinski definition) is 1. The normalized spacial score (nSPS) is 21.6. The van der Waals surface area contributed by atoms with E-state index >= 15 is 0 Å². The Balaban J connectivity index is 0.00000161. The SMILES string of the molecule is CC1CNCCN1C(=O)c1ccc(OCC2CC2)cc1.Cl. The highest BCUT2D eigenvalue weighted by Crippen LogP contribution is 2.29. The zero-order valence-electron chi connectivity index (χ0n) is 12.4. The minimum atomic E-state index is 0. The lowest BCUT2D eigenvalue weighted by Crippen LogP contribution is -2.52. The molecule has 1 unspecified atom stereocenters. The summed E-state index contributed by atoms with van der Waals surface area (Å²) in [6.45, 7) is 5.41. The molecule has 0 radical (unpaired) electrons. The molecule has 1 N–H and O–H groups in total. The second-order valence-corrected chi connectivity index (χ2v) is 5.83. The third-order valence-corrected chi connectivity index (χ3v) is 4.05. The zero-order chi connectivity index (χ0) is 13.9. The van der Waals surface area contributed by atoms with Crippen molar-refractivity contribution in [3.8, 4) is 5.75 Å². The summed E-state index contributed by atoms with van der Waals surface area (Å²) >= 11 is 0. The average molecular weight is 311 g/mol. The Labute approximate surface area is 132 Å². The number of hydrogen-bond acceptors (Lipinski definition) is 3. The number of piperazine rings is 1. The Morgan fingerprint density at radius 1 is 1.33 bits per heavy atom. The monoisotopic (exact) mass is 310 g/mol. The minimum Gasteiger partial charge on any atom is -0.493 e. The molecule has 1 saturated carbocycles. The van der Waals surface area contributed by atoms with Crippen LogP contribution in [0.4, 0.5) is 0 Å². The van der Waals surface area contributed by atoms with Crippen molar-refractivity contribution in [2.45, 2.75) is 25.8 Å². The summed E-state index contributed by atoms with van der Waals surface area (Å²) in [4.78, 5) is 14.4. The van der Waals surface area contributed by atoms with Crippen molar-refractivity contribution >= 4 is 18.3 Å². The Bertz CT molecular complexity index is 474. The molecule has 1 saturated heterocycles. The van der Waals surface area contributed by atoms with Crippen molar-refractivity contribution in [2.75, 3.05) is 26.2 Å². The van der Waals surface area contributed by atoms with Crippen LogP contribution in [0.25, 0.3) is 0 Å². The van der Waals surface area contributed by atoms with Gasteiger partial charge in [0.25, 0.3) is 5.91 Å². The van der Waals surface area contributed by atoms with Crippen LogP contribution in [0.3, 0.4) is 0 Å². The summed E-state index contributed by atoms with van der Waals surface area (Å²) in [6, 6.07) is 7.81. The van der Waals surface area contributed by atoms with Crippen LogP contribution in [0.1, 0.15) is 30.1 Å². The maximum Gasteiger partial charge on any atom is 0.254 e. The molecule has 1 atom stereocenters. The number of amides is 1. The molecule has 2 fully saturated rings. The smallest absolute Gasteiger partial charge is 0.254 e. The van der Waals surface area contributed by atoms with E-state index in [1.54, 1.807) is 0 Å². The van der Waals surface area contributed by atoms with E-state index in [2.05, 4.69) is 12.2 Å². The van der Waals surface area contributed by atoms with E-state index in [1.807, 2.05) is 29.2 Å². The van der Waals surface area contributed by atoms with Crippen molar-refractivity contribution in [1.82, 2.24) is 10.2 Å². The van der Waals surface area contributed by atoms with Gasteiger partial charge in [-0.3, -0.25) is 4.79 Å². The quantitative estimate of drug-likeness (QED) is 0.928. The third kappa shape index (κ3) is 4.11. The molecule has 1 amide bonds. The van der Waals surface area contributed by atoms with Crippen molar-refractivity contribution in [1.29, 1.82) is 0 Å². The molecule has 3 rings (SSSR count). The summed E-state index contributed by atoms with van der Waals surface area (Å²) in [7, 11) is 0. The highest BCUT2D eigenvalue weighted by Gasteiger charge is 2.24. The lowest BCUT2D eigenvalue weighted by molar-refractivity contribution is 0.0655. The fourth-order valence-corrected chi connectivity index (χ4v) is 2.50. The Morgan fingerprint density at radius 2 is 2.05 bits per heavy atom. The molecule has 21 heavy (non-hydrogen) atoms. The second kappa shape index (κ2) is 7.14. The van der Waals surface area contributed by atoms with Gasteiger partial charge in [0.2, 0.25) is 0 Å². The van der Waals surface area contributed by atoms with Crippen molar-refractivity contribution in [3.63, 3.8) is 0 Å². The van der Waals surface area contributed by atoms with Gasteiger partial charge in [-0.05, 0) is 49.9 Å². The van der Waals surface area contributed by atoms with Gasteiger partial charge in [0.15, 0.2) is 0 Å². The van der Waals surface area contributed by atoms with Gasteiger partial charge in [-0.15, -0.1) is 12.4 Å². The van der Waals surface area contributed by atoms with Crippen molar-refractivity contribution in [3.05, 3.63) is 29.8 Å². The van der Waals surface area contributed by atoms with E-state index < -0.39 is 0 Å². The molecular formula is C16H23ClN2O2. The van der Waals surface area contributed by atoms with Gasteiger partial charge in [-0.25, -0.2) is 0 Å². The van der Waals surface area contributed by atoms with E-state index in [-0.39, 0.29) is 24.4 Å². The van der Waals surface area contributed by atoms with Gasteiger partial charge < -0.3 is 15.0 Å². The fraction of sp³-hybridized carbons (Fsp3) is 0.562.